The number of methoxy groups -OCH3 is 1. The summed E-state index contributed by atoms with van der Waals surface area (Å²) < 4.78 is 34.3. The van der Waals surface area contributed by atoms with Gasteiger partial charge in [0.1, 0.15) is 17.1 Å². The molecular formula is C21H24N4O5S2. The van der Waals surface area contributed by atoms with Crippen LogP contribution in [0.5, 0.6) is 5.75 Å². The molecule has 1 aliphatic heterocycles. The van der Waals surface area contributed by atoms with Crippen LogP contribution in [0, 0.1) is 0 Å². The van der Waals surface area contributed by atoms with Crippen LogP contribution in [0.2, 0.25) is 0 Å². The van der Waals surface area contributed by atoms with Crippen molar-refractivity contribution in [2.45, 2.75) is 37.1 Å². The van der Waals surface area contributed by atoms with Gasteiger partial charge >= 0.3 is 0 Å². The van der Waals surface area contributed by atoms with E-state index in [2.05, 4.69) is 10.3 Å². The van der Waals surface area contributed by atoms with Gasteiger partial charge in [-0.3, -0.25) is 14.2 Å². The number of rotatable bonds is 6. The molecule has 0 unspecified atom stereocenters. The number of fused-ring (bicyclic) bond motifs is 1. The summed E-state index contributed by atoms with van der Waals surface area (Å²) in [5, 5.41) is 4.90. The zero-order chi connectivity index (χ0) is 22.7. The third-order valence-electron chi connectivity index (χ3n) is 5.41. The van der Waals surface area contributed by atoms with Crippen molar-refractivity contribution in [2.24, 2.45) is 0 Å². The SMILES string of the molecule is COc1ccc(S(=O)(=O)N2CCCCCC2)cc1NC(=O)Cn1cnc2sccc2c1=O. The van der Waals surface area contributed by atoms with Crippen LogP contribution in [0.4, 0.5) is 5.69 Å². The van der Waals surface area contributed by atoms with E-state index in [9.17, 15) is 18.0 Å². The summed E-state index contributed by atoms with van der Waals surface area (Å²) in [6.07, 6.45) is 5.02. The largest absolute Gasteiger partial charge is 0.495 e. The lowest BCUT2D eigenvalue weighted by molar-refractivity contribution is -0.116. The molecule has 32 heavy (non-hydrogen) atoms. The van der Waals surface area contributed by atoms with Gasteiger partial charge in [-0.15, -0.1) is 11.3 Å². The molecule has 1 N–H and O–H groups in total. The Bertz CT molecular complexity index is 1290. The lowest BCUT2D eigenvalue weighted by Gasteiger charge is -2.21. The first-order valence-corrected chi connectivity index (χ1v) is 12.6. The van der Waals surface area contributed by atoms with E-state index in [1.165, 1.54) is 51.8 Å². The predicted octanol–water partition coefficient (Wildman–Crippen LogP) is 2.67. The average molecular weight is 477 g/mol. The van der Waals surface area contributed by atoms with Gasteiger partial charge < -0.3 is 10.1 Å². The topological polar surface area (TPSA) is 111 Å². The number of sulfonamides is 1. The van der Waals surface area contributed by atoms with Crippen molar-refractivity contribution in [1.29, 1.82) is 0 Å². The van der Waals surface area contributed by atoms with Crippen molar-refractivity contribution in [1.82, 2.24) is 13.9 Å². The van der Waals surface area contributed by atoms with Crippen molar-refractivity contribution in [2.75, 3.05) is 25.5 Å². The summed E-state index contributed by atoms with van der Waals surface area (Å²) >= 11 is 1.35. The predicted molar refractivity (Wildman–Crippen MR) is 123 cm³/mol. The molecule has 3 aromatic rings. The summed E-state index contributed by atoms with van der Waals surface area (Å²) in [6, 6.07) is 6.07. The van der Waals surface area contributed by atoms with Gasteiger partial charge in [0.05, 0.1) is 29.4 Å². The summed E-state index contributed by atoms with van der Waals surface area (Å²) in [5.41, 5.74) is -0.0816. The van der Waals surface area contributed by atoms with Gasteiger partial charge in [-0.2, -0.15) is 4.31 Å². The fourth-order valence-electron chi connectivity index (χ4n) is 3.73. The van der Waals surface area contributed by atoms with Gasteiger partial charge in [0.15, 0.2) is 0 Å². The van der Waals surface area contributed by atoms with Crippen molar-refractivity contribution < 1.29 is 17.9 Å². The maximum atomic E-state index is 13.1. The molecule has 2 aromatic heterocycles. The number of nitrogens with one attached hydrogen (secondary N) is 1. The van der Waals surface area contributed by atoms with Crippen LogP contribution in [0.1, 0.15) is 25.7 Å². The molecule has 3 heterocycles. The third-order valence-corrected chi connectivity index (χ3v) is 8.13. The molecule has 1 fully saturated rings. The lowest BCUT2D eigenvalue weighted by Crippen LogP contribution is -2.32. The van der Waals surface area contributed by atoms with Gasteiger partial charge in [0, 0.05) is 13.1 Å². The molecule has 1 saturated heterocycles. The minimum atomic E-state index is -3.69. The number of carbonyl (C=O) groups is 1. The number of nitrogens with zero attached hydrogens (tertiary/aromatic N) is 3. The van der Waals surface area contributed by atoms with Crippen LogP contribution in [0.25, 0.3) is 10.2 Å². The minimum Gasteiger partial charge on any atom is -0.495 e. The monoisotopic (exact) mass is 476 g/mol. The first-order chi connectivity index (χ1) is 15.4. The minimum absolute atomic E-state index is 0.0917. The standard InChI is InChI=1S/C21H24N4O5S2/c1-30-18-7-6-15(32(28,29)25-9-4-2-3-5-10-25)12-17(18)23-19(26)13-24-14-22-20-16(21(24)27)8-11-31-20/h6-8,11-12,14H,2-5,9-10,13H2,1H3,(H,23,26). The van der Waals surface area contributed by atoms with Crippen molar-refractivity contribution in [3.8, 4) is 5.75 Å². The average Bonchev–Trinajstić information content (AvgIpc) is 3.09. The quantitative estimate of drug-likeness (QED) is 0.586. The fraction of sp³-hybridized carbons (Fsp3) is 0.381. The highest BCUT2D eigenvalue weighted by molar-refractivity contribution is 7.89. The molecule has 0 aliphatic carbocycles. The van der Waals surface area contributed by atoms with Crippen molar-refractivity contribution in [3.63, 3.8) is 0 Å². The molecule has 1 aromatic carbocycles. The molecule has 0 bridgehead atoms. The number of benzene rings is 1. The maximum Gasteiger partial charge on any atom is 0.262 e. The number of carbonyl (C=O) groups excluding carboxylic acids is 1. The molecule has 0 atom stereocenters. The fourth-order valence-corrected chi connectivity index (χ4v) is 5.99. The molecule has 9 nitrogen and oxygen atoms in total. The second kappa shape index (κ2) is 9.39. The molecule has 4 rings (SSSR count). The molecule has 0 radical (unpaired) electrons. The number of ether oxygens (including phenoxy) is 1. The number of amides is 1. The highest BCUT2D eigenvalue weighted by Crippen LogP contribution is 2.30. The normalized spacial score (nSPS) is 15.4. The molecule has 170 valence electrons. The molecule has 1 amide bonds. The van der Waals surface area contributed by atoms with Crippen LogP contribution in [-0.2, 0) is 21.4 Å². The van der Waals surface area contributed by atoms with Crippen LogP contribution in [0.3, 0.4) is 0 Å². The van der Waals surface area contributed by atoms with Crippen LogP contribution in [0.15, 0.2) is 45.7 Å². The van der Waals surface area contributed by atoms with E-state index in [-0.39, 0.29) is 22.7 Å². The van der Waals surface area contributed by atoms with Gasteiger partial charge in [-0.25, -0.2) is 13.4 Å². The number of hydrogen-bond acceptors (Lipinski definition) is 7. The summed E-state index contributed by atoms with van der Waals surface area (Å²) in [6.45, 7) is 0.706. The van der Waals surface area contributed by atoms with E-state index in [0.717, 1.165) is 25.7 Å². The number of thiophene rings is 1. The first kappa shape index (κ1) is 22.4. The van der Waals surface area contributed by atoms with Crippen LogP contribution < -0.4 is 15.6 Å². The Morgan fingerprint density at radius 2 is 1.94 bits per heavy atom. The van der Waals surface area contributed by atoms with Gasteiger partial charge in [0.2, 0.25) is 15.9 Å². The number of aromatic nitrogens is 2. The second-order valence-corrected chi connectivity index (χ2v) is 10.4. The Balaban J connectivity index is 1.57. The van der Waals surface area contributed by atoms with Gasteiger partial charge in [-0.1, -0.05) is 12.8 Å². The molecule has 1 aliphatic rings. The van der Waals surface area contributed by atoms with E-state index < -0.39 is 15.9 Å². The lowest BCUT2D eigenvalue weighted by atomic mass is 10.2. The Morgan fingerprint density at radius 3 is 2.66 bits per heavy atom. The summed E-state index contributed by atoms with van der Waals surface area (Å²) in [4.78, 5) is 30.1. The number of anilines is 1. The molecule has 0 saturated carbocycles. The molecule has 11 heteroatoms. The van der Waals surface area contributed by atoms with E-state index >= 15 is 0 Å². The Hall–Kier alpha value is -2.76. The highest BCUT2D eigenvalue weighted by atomic mass is 32.2. The zero-order valence-electron chi connectivity index (χ0n) is 17.6. The summed E-state index contributed by atoms with van der Waals surface area (Å²) in [5.74, 6) is -0.168. The highest BCUT2D eigenvalue weighted by Gasteiger charge is 2.26. The Morgan fingerprint density at radius 1 is 1.19 bits per heavy atom. The van der Waals surface area contributed by atoms with Gasteiger partial charge in [0.25, 0.3) is 5.56 Å². The van der Waals surface area contributed by atoms with Gasteiger partial charge in [-0.05, 0) is 42.5 Å². The summed E-state index contributed by atoms with van der Waals surface area (Å²) in [7, 11) is -2.25. The first-order valence-electron chi connectivity index (χ1n) is 10.3. The van der Waals surface area contributed by atoms with Crippen LogP contribution >= 0.6 is 11.3 Å². The van der Waals surface area contributed by atoms with Crippen molar-refractivity contribution in [3.05, 3.63) is 46.3 Å². The second-order valence-electron chi connectivity index (χ2n) is 7.55. The third kappa shape index (κ3) is 4.54. The smallest absolute Gasteiger partial charge is 0.262 e. The van der Waals surface area contributed by atoms with E-state index in [0.29, 0.717) is 29.1 Å². The Kier molecular flexibility index (Phi) is 6.58. The maximum absolute atomic E-state index is 13.1. The van der Waals surface area contributed by atoms with Crippen molar-refractivity contribution >= 4 is 43.2 Å². The van der Waals surface area contributed by atoms with E-state index in [1.807, 2.05) is 0 Å². The molecular weight excluding hydrogens is 452 g/mol. The zero-order valence-corrected chi connectivity index (χ0v) is 19.2. The van der Waals surface area contributed by atoms with E-state index in [1.54, 1.807) is 11.4 Å². The van der Waals surface area contributed by atoms with E-state index in [4.69, 9.17) is 4.74 Å². The van der Waals surface area contributed by atoms with Crippen LogP contribution in [-0.4, -0.2) is 48.4 Å². The molecule has 0 spiro atoms. The Labute approximate surface area is 189 Å². The number of hydrogen-bond donors (Lipinski definition) is 1.